The van der Waals surface area contributed by atoms with Gasteiger partial charge in [-0.25, -0.2) is 0 Å². The molecule has 0 aromatic carbocycles. The van der Waals surface area contributed by atoms with E-state index in [0.29, 0.717) is 18.3 Å². The Morgan fingerprint density at radius 2 is 1.84 bits per heavy atom. The molecule has 1 aliphatic carbocycles. The third-order valence-electron chi connectivity index (χ3n) is 6.23. The maximum absolute atomic E-state index is 10.7. The second kappa shape index (κ2) is 11.0. The Labute approximate surface area is 156 Å². The zero-order valence-corrected chi connectivity index (χ0v) is 18.1. The third-order valence-corrected chi connectivity index (χ3v) is 9.00. The monoisotopic (exact) mass is 375 g/mol. The van der Waals surface area contributed by atoms with Gasteiger partial charge in [-0.15, -0.1) is 0 Å². The molecule has 1 saturated carbocycles. The van der Waals surface area contributed by atoms with Crippen LogP contribution in [0.4, 0.5) is 0 Å². The lowest BCUT2D eigenvalue weighted by Crippen LogP contribution is -2.51. The highest BCUT2D eigenvalue weighted by Crippen LogP contribution is 2.41. The van der Waals surface area contributed by atoms with E-state index in [-0.39, 0.29) is 5.92 Å². The average molecular weight is 376 g/mol. The molecular formula is C19H41NO4Si. The van der Waals surface area contributed by atoms with Gasteiger partial charge in [-0.3, -0.25) is 0 Å². The lowest BCUT2D eigenvalue weighted by atomic mass is 9.71. The van der Waals surface area contributed by atoms with E-state index in [9.17, 15) is 5.11 Å². The summed E-state index contributed by atoms with van der Waals surface area (Å²) in [6, 6.07) is 0.823. The minimum atomic E-state index is -2.51. The fourth-order valence-electron chi connectivity index (χ4n) is 4.25. The number of hydrogen-bond donors (Lipinski definition) is 2. The van der Waals surface area contributed by atoms with Crippen LogP contribution in [0.5, 0.6) is 0 Å². The minimum Gasteiger partial charge on any atom is -0.377 e. The molecule has 0 amide bonds. The highest BCUT2D eigenvalue weighted by Gasteiger charge is 2.42. The first-order chi connectivity index (χ1) is 11.9. The third kappa shape index (κ3) is 6.92. The molecule has 25 heavy (non-hydrogen) atoms. The molecule has 6 heteroatoms. The number of unbranched alkanes of at least 4 members (excludes halogenated alkanes) is 1. The first kappa shape index (κ1) is 23.1. The first-order valence-electron chi connectivity index (χ1n) is 10.0. The zero-order valence-electron chi connectivity index (χ0n) is 17.1. The Kier molecular flexibility index (Phi) is 10.1. The van der Waals surface area contributed by atoms with Gasteiger partial charge in [0, 0.05) is 33.3 Å². The number of hydrogen-bond acceptors (Lipinski definition) is 5. The predicted molar refractivity (Wildman–Crippen MR) is 104 cm³/mol. The van der Waals surface area contributed by atoms with Crippen LogP contribution in [0.3, 0.4) is 0 Å². The molecule has 0 aromatic heterocycles. The molecule has 0 bridgehead atoms. The fourth-order valence-corrected chi connectivity index (χ4v) is 6.12. The Morgan fingerprint density at radius 1 is 1.20 bits per heavy atom. The molecule has 3 N–H and O–H groups in total. The van der Waals surface area contributed by atoms with Crippen molar-refractivity contribution >= 4 is 8.80 Å². The van der Waals surface area contributed by atoms with Crippen molar-refractivity contribution in [3.63, 3.8) is 0 Å². The van der Waals surface area contributed by atoms with Crippen LogP contribution in [-0.4, -0.2) is 41.0 Å². The van der Waals surface area contributed by atoms with Crippen molar-refractivity contribution in [3.05, 3.63) is 0 Å². The fraction of sp³-hybridized carbons (Fsp3) is 1.00. The molecule has 1 rings (SSSR count). The van der Waals surface area contributed by atoms with Crippen molar-refractivity contribution in [2.75, 3.05) is 21.3 Å². The van der Waals surface area contributed by atoms with Crippen molar-refractivity contribution < 1.29 is 18.4 Å². The topological polar surface area (TPSA) is 73.9 Å². The van der Waals surface area contributed by atoms with E-state index in [2.05, 4.69) is 13.8 Å². The summed E-state index contributed by atoms with van der Waals surface area (Å²) in [6.45, 7) is 4.49. The average Bonchev–Trinajstić information content (AvgIpc) is 2.62. The summed E-state index contributed by atoms with van der Waals surface area (Å²) < 4.78 is 16.6. The van der Waals surface area contributed by atoms with Crippen LogP contribution in [0.2, 0.25) is 6.04 Å². The second-order valence-corrected chi connectivity index (χ2v) is 10.9. The van der Waals surface area contributed by atoms with Crippen molar-refractivity contribution in [2.24, 2.45) is 23.5 Å². The maximum Gasteiger partial charge on any atom is 0.500 e. The Bertz CT molecular complexity index is 355. The normalized spacial score (nSPS) is 28.9. The summed E-state index contributed by atoms with van der Waals surface area (Å²) in [5.41, 5.74) is 5.26. The molecule has 0 spiro atoms. The molecular weight excluding hydrogens is 334 g/mol. The van der Waals surface area contributed by atoms with Gasteiger partial charge in [-0.2, -0.15) is 0 Å². The van der Waals surface area contributed by atoms with E-state index in [1.165, 1.54) is 25.7 Å². The van der Waals surface area contributed by atoms with Gasteiger partial charge in [-0.1, -0.05) is 39.5 Å². The zero-order chi connectivity index (χ0) is 18.9. The summed E-state index contributed by atoms with van der Waals surface area (Å²) in [7, 11) is 2.49. The van der Waals surface area contributed by atoms with E-state index in [4.69, 9.17) is 19.0 Å². The van der Waals surface area contributed by atoms with Crippen LogP contribution >= 0.6 is 0 Å². The van der Waals surface area contributed by atoms with E-state index in [1.54, 1.807) is 21.3 Å². The Morgan fingerprint density at radius 3 is 2.36 bits per heavy atom. The van der Waals surface area contributed by atoms with Crippen LogP contribution in [0, 0.1) is 17.8 Å². The minimum absolute atomic E-state index is 0.191. The maximum atomic E-state index is 10.7. The van der Waals surface area contributed by atoms with Gasteiger partial charge in [0.25, 0.3) is 0 Å². The van der Waals surface area contributed by atoms with E-state index in [0.717, 1.165) is 31.7 Å². The van der Waals surface area contributed by atoms with Crippen LogP contribution in [0.1, 0.15) is 71.6 Å². The quantitative estimate of drug-likeness (QED) is 0.399. The van der Waals surface area contributed by atoms with Crippen molar-refractivity contribution in [3.8, 4) is 0 Å². The van der Waals surface area contributed by atoms with Crippen molar-refractivity contribution in [1.29, 1.82) is 0 Å². The molecule has 1 fully saturated rings. The van der Waals surface area contributed by atoms with Crippen LogP contribution in [-0.2, 0) is 13.3 Å². The summed E-state index contributed by atoms with van der Waals surface area (Å²) in [6.07, 6.45) is 9.63. The standard InChI is InChI=1S/C19H41NO4Si/c1-6-8-9-16(7-2)14-18-15-17(10-12-19(18,20)21)11-13-25(22-3,23-4)24-5/h16-18,21H,6-15,20H2,1-5H3. The highest BCUT2D eigenvalue weighted by atomic mass is 28.4. The van der Waals surface area contributed by atoms with E-state index in [1.807, 2.05) is 0 Å². The summed E-state index contributed by atoms with van der Waals surface area (Å²) >= 11 is 0. The molecule has 0 heterocycles. The Hall–Kier alpha value is 0.0169. The van der Waals surface area contributed by atoms with E-state index < -0.39 is 14.5 Å². The number of aliphatic hydroxyl groups is 1. The largest absolute Gasteiger partial charge is 0.500 e. The molecule has 150 valence electrons. The summed E-state index contributed by atoms with van der Waals surface area (Å²) in [4.78, 5) is 0. The van der Waals surface area contributed by atoms with E-state index >= 15 is 0 Å². The number of nitrogens with two attached hydrogens (primary N) is 1. The Balaban J connectivity index is 2.63. The smallest absolute Gasteiger partial charge is 0.377 e. The second-order valence-electron chi connectivity index (χ2n) is 7.81. The van der Waals surface area contributed by atoms with Crippen molar-refractivity contribution in [2.45, 2.75) is 83.4 Å². The molecule has 0 aliphatic heterocycles. The predicted octanol–water partition coefficient (Wildman–Crippen LogP) is 3.92. The molecule has 0 aromatic rings. The highest BCUT2D eigenvalue weighted by molar-refractivity contribution is 6.60. The molecule has 4 atom stereocenters. The van der Waals surface area contributed by atoms with Crippen LogP contribution in [0.25, 0.3) is 0 Å². The summed E-state index contributed by atoms with van der Waals surface area (Å²) in [5, 5.41) is 10.7. The van der Waals surface area contributed by atoms with Gasteiger partial charge in [0.2, 0.25) is 0 Å². The lowest BCUT2D eigenvalue weighted by molar-refractivity contribution is -0.0668. The van der Waals surface area contributed by atoms with Gasteiger partial charge < -0.3 is 24.1 Å². The van der Waals surface area contributed by atoms with Gasteiger partial charge in [0.1, 0.15) is 5.72 Å². The lowest BCUT2D eigenvalue weighted by Gasteiger charge is -2.42. The van der Waals surface area contributed by atoms with Crippen molar-refractivity contribution in [1.82, 2.24) is 0 Å². The molecule has 5 nitrogen and oxygen atoms in total. The molecule has 1 aliphatic rings. The van der Waals surface area contributed by atoms with Gasteiger partial charge in [-0.05, 0) is 43.9 Å². The number of rotatable bonds is 12. The first-order valence-corrected chi connectivity index (χ1v) is 12.0. The van der Waals surface area contributed by atoms with Gasteiger partial charge in [0.05, 0.1) is 0 Å². The molecule has 0 saturated heterocycles. The van der Waals surface area contributed by atoms with Gasteiger partial charge >= 0.3 is 8.80 Å². The van der Waals surface area contributed by atoms with Crippen LogP contribution < -0.4 is 5.73 Å². The molecule has 4 unspecified atom stereocenters. The SMILES string of the molecule is CCCCC(CC)CC1CC(CC[Si](OC)(OC)OC)CCC1(N)O. The summed E-state index contributed by atoms with van der Waals surface area (Å²) in [5.74, 6) is 1.42. The van der Waals surface area contributed by atoms with Crippen LogP contribution in [0.15, 0.2) is 0 Å². The van der Waals surface area contributed by atoms with Gasteiger partial charge in [0.15, 0.2) is 0 Å². The molecule has 0 radical (unpaired) electrons.